The highest BCUT2D eigenvalue weighted by Gasteiger charge is 2.22. The van der Waals surface area contributed by atoms with Crippen molar-refractivity contribution in [3.8, 4) is 0 Å². The Bertz CT molecular complexity index is 370. The third kappa shape index (κ3) is 2.42. The molecule has 0 bridgehead atoms. The number of ether oxygens (including phenoxy) is 1. The molecule has 0 aliphatic rings. The maximum atomic E-state index is 11.5. The first-order chi connectivity index (χ1) is 6.56. The lowest BCUT2D eigenvalue weighted by molar-refractivity contribution is -0.137. The summed E-state index contributed by atoms with van der Waals surface area (Å²) in [5.74, 6) is -1.38. The molecule has 0 aliphatic heterocycles. The number of halogens is 1. The van der Waals surface area contributed by atoms with Crippen LogP contribution in [-0.2, 0) is 9.53 Å². The van der Waals surface area contributed by atoms with Crippen LogP contribution in [0, 0.1) is 6.92 Å². The smallest absolute Gasteiger partial charge is 0.380 e. The predicted molar refractivity (Wildman–Crippen MR) is 57.7 cm³/mol. The number of carbonyl (C=O) groups excluding carboxylic acids is 2. The Morgan fingerprint density at radius 1 is 1.57 bits per heavy atom. The van der Waals surface area contributed by atoms with E-state index in [0.717, 1.165) is 4.88 Å². The van der Waals surface area contributed by atoms with Crippen LogP contribution in [0.4, 0.5) is 0 Å². The monoisotopic (exact) mass is 276 g/mol. The van der Waals surface area contributed by atoms with Crippen molar-refractivity contribution in [3.63, 3.8) is 0 Å². The quantitative estimate of drug-likeness (QED) is 0.484. The first-order valence-electron chi connectivity index (χ1n) is 4.03. The molecule has 0 radical (unpaired) electrons. The van der Waals surface area contributed by atoms with Gasteiger partial charge in [0.2, 0.25) is 0 Å². The van der Waals surface area contributed by atoms with Gasteiger partial charge in [-0.1, -0.05) is 0 Å². The van der Waals surface area contributed by atoms with Gasteiger partial charge in [-0.15, -0.1) is 11.3 Å². The average molecular weight is 277 g/mol. The third-order valence-electron chi connectivity index (χ3n) is 1.48. The van der Waals surface area contributed by atoms with Crippen LogP contribution in [0.2, 0.25) is 0 Å². The van der Waals surface area contributed by atoms with Crippen molar-refractivity contribution in [2.24, 2.45) is 0 Å². The predicted octanol–water partition coefficient (Wildman–Crippen LogP) is 2.56. The molecular weight excluding hydrogens is 268 g/mol. The highest BCUT2D eigenvalue weighted by Crippen LogP contribution is 2.27. The zero-order valence-corrected chi connectivity index (χ0v) is 10.2. The Kier molecular flexibility index (Phi) is 3.83. The maximum absolute atomic E-state index is 11.5. The second-order valence-electron chi connectivity index (χ2n) is 2.58. The topological polar surface area (TPSA) is 43.4 Å². The van der Waals surface area contributed by atoms with Crippen molar-refractivity contribution in [1.82, 2.24) is 0 Å². The van der Waals surface area contributed by atoms with Crippen LogP contribution < -0.4 is 0 Å². The van der Waals surface area contributed by atoms with Gasteiger partial charge in [0.05, 0.1) is 11.5 Å². The number of esters is 1. The molecule has 0 saturated carbocycles. The van der Waals surface area contributed by atoms with Crippen LogP contribution in [0.25, 0.3) is 0 Å². The van der Waals surface area contributed by atoms with E-state index in [1.807, 2.05) is 6.92 Å². The summed E-state index contributed by atoms with van der Waals surface area (Å²) in [7, 11) is 0. The molecule has 1 rings (SSSR count). The number of carbonyl (C=O) groups is 2. The molecule has 1 aromatic heterocycles. The van der Waals surface area contributed by atoms with Crippen LogP contribution in [0.5, 0.6) is 0 Å². The summed E-state index contributed by atoms with van der Waals surface area (Å²) in [6, 6.07) is 1.80. The molecule has 0 atom stereocenters. The summed E-state index contributed by atoms with van der Waals surface area (Å²) >= 11 is 4.50. The standard InChI is InChI=1S/C9H9BrO3S/c1-3-13-9(12)7(11)8-6(10)4-5(2)14-8/h4H,3H2,1-2H3. The molecule has 0 unspecified atom stereocenters. The van der Waals surface area contributed by atoms with Crippen molar-refractivity contribution in [2.45, 2.75) is 13.8 Å². The van der Waals surface area contributed by atoms with Crippen LogP contribution in [-0.4, -0.2) is 18.4 Å². The molecule has 0 fully saturated rings. The van der Waals surface area contributed by atoms with Crippen molar-refractivity contribution < 1.29 is 14.3 Å². The molecular formula is C9H9BrO3S. The van der Waals surface area contributed by atoms with E-state index in [1.165, 1.54) is 11.3 Å². The molecule has 1 aromatic rings. The zero-order chi connectivity index (χ0) is 10.7. The minimum Gasteiger partial charge on any atom is -0.460 e. The van der Waals surface area contributed by atoms with E-state index in [9.17, 15) is 9.59 Å². The lowest BCUT2D eigenvalue weighted by Crippen LogP contribution is -2.16. The van der Waals surface area contributed by atoms with Gasteiger partial charge in [0.1, 0.15) is 0 Å². The van der Waals surface area contributed by atoms with Gasteiger partial charge in [-0.05, 0) is 35.8 Å². The van der Waals surface area contributed by atoms with E-state index < -0.39 is 11.8 Å². The number of thiophene rings is 1. The zero-order valence-electron chi connectivity index (χ0n) is 7.80. The van der Waals surface area contributed by atoms with Gasteiger partial charge in [-0.3, -0.25) is 4.79 Å². The molecule has 0 saturated heterocycles. The number of ketones is 1. The average Bonchev–Trinajstić information content (AvgIpc) is 2.44. The van der Waals surface area contributed by atoms with Gasteiger partial charge < -0.3 is 4.74 Å². The van der Waals surface area contributed by atoms with E-state index in [1.54, 1.807) is 13.0 Å². The maximum Gasteiger partial charge on any atom is 0.380 e. The van der Waals surface area contributed by atoms with Crippen LogP contribution >= 0.6 is 27.3 Å². The summed E-state index contributed by atoms with van der Waals surface area (Å²) in [6.07, 6.45) is 0. The number of rotatable bonds is 3. The lowest BCUT2D eigenvalue weighted by Gasteiger charge is -1.98. The van der Waals surface area contributed by atoms with Crippen LogP contribution in [0.1, 0.15) is 21.5 Å². The van der Waals surface area contributed by atoms with Crippen molar-refractivity contribution in [2.75, 3.05) is 6.61 Å². The van der Waals surface area contributed by atoms with E-state index in [2.05, 4.69) is 20.7 Å². The number of aryl methyl sites for hydroxylation is 1. The highest BCUT2D eigenvalue weighted by atomic mass is 79.9. The Balaban J connectivity index is 2.89. The number of Topliss-reactive ketones (excluding diaryl/α,β-unsaturated/α-hetero) is 1. The first-order valence-corrected chi connectivity index (χ1v) is 5.64. The Morgan fingerprint density at radius 3 is 2.64 bits per heavy atom. The van der Waals surface area contributed by atoms with Crippen molar-refractivity contribution in [3.05, 3.63) is 20.3 Å². The van der Waals surface area contributed by atoms with Gasteiger partial charge >= 0.3 is 5.97 Å². The van der Waals surface area contributed by atoms with E-state index in [-0.39, 0.29) is 6.61 Å². The van der Waals surface area contributed by atoms with Gasteiger partial charge in [-0.25, -0.2) is 4.79 Å². The Hall–Kier alpha value is -0.680. The molecule has 0 amide bonds. The molecule has 0 spiro atoms. The van der Waals surface area contributed by atoms with Gasteiger partial charge in [0.15, 0.2) is 0 Å². The van der Waals surface area contributed by atoms with E-state index in [0.29, 0.717) is 9.35 Å². The number of hydrogen-bond acceptors (Lipinski definition) is 4. The van der Waals surface area contributed by atoms with Crippen LogP contribution in [0.3, 0.4) is 0 Å². The summed E-state index contributed by atoms with van der Waals surface area (Å²) in [5.41, 5.74) is 0. The second-order valence-corrected chi connectivity index (χ2v) is 4.69. The normalized spacial score (nSPS) is 9.93. The van der Waals surface area contributed by atoms with E-state index in [4.69, 9.17) is 0 Å². The Labute approximate surface area is 94.2 Å². The molecule has 3 nitrogen and oxygen atoms in total. The fourth-order valence-electron chi connectivity index (χ4n) is 0.927. The summed E-state index contributed by atoms with van der Waals surface area (Å²) in [5, 5.41) is 0. The molecule has 5 heteroatoms. The summed E-state index contributed by atoms with van der Waals surface area (Å²) in [4.78, 5) is 24.0. The van der Waals surface area contributed by atoms with Gasteiger partial charge in [-0.2, -0.15) is 0 Å². The summed E-state index contributed by atoms with van der Waals surface area (Å²) in [6.45, 7) is 3.75. The second kappa shape index (κ2) is 4.70. The molecule has 14 heavy (non-hydrogen) atoms. The largest absolute Gasteiger partial charge is 0.460 e. The lowest BCUT2D eigenvalue weighted by atomic mass is 10.3. The Morgan fingerprint density at radius 2 is 2.21 bits per heavy atom. The van der Waals surface area contributed by atoms with Crippen molar-refractivity contribution in [1.29, 1.82) is 0 Å². The summed E-state index contributed by atoms with van der Waals surface area (Å²) < 4.78 is 5.27. The van der Waals surface area contributed by atoms with Gasteiger partial charge in [0.25, 0.3) is 5.78 Å². The highest BCUT2D eigenvalue weighted by molar-refractivity contribution is 9.10. The first kappa shape index (κ1) is 11.4. The fourth-order valence-corrected chi connectivity index (χ4v) is 2.68. The van der Waals surface area contributed by atoms with Crippen LogP contribution in [0.15, 0.2) is 10.5 Å². The third-order valence-corrected chi connectivity index (χ3v) is 3.41. The van der Waals surface area contributed by atoms with E-state index >= 15 is 0 Å². The molecule has 0 aliphatic carbocycles. The molecule has 0 aromatic carbocycles. The van der Waals surface area contributed by atoms with Crippen molar-refractivity contribution >= 4 is 39.0 Å². The molecule has 1 heterocycles. The SMILES string of the molecule is CCOC(=O)C(=O)c1sc(C)cc1Br. The molecule has 0 N–H and O–H groups in total. The number of hydrogen-bond donors (Lipinski definition) is 0. The minimum atomic E-state index is -0.796. The molecule has 76 valence electrons. The minimum absolute atomic E-state index is 0.215. The fraction of sp³-hybridized carbons (Fsp3) is 0.333. The van der Waals surface area contributed by atoms with Gasteiger partial charge in [0, 0.05) is 9.35 Å².